The van der Waals surface area contributed by atoms with Crippen LogP contribution in [0.5, 0.6) is 0 Å². The van der Waals surface area contributed by atoms with Gasteiger partial charge >= 0.3 is 5.97 Å². The van der Waals surface area contributed by atoms with Gasteiger partial charge in [0.2, 0.25) is 0 Å². The summed E-state index contributed by atoms with van der Waals surface area (Å²) >= 11 is 0. The molecule has 0 radical (unpaired) electrons. The lowest BCUT2D eigenvalue weighted by molar-refractivity contribution is -0.144. The summed E-state index contributed by atoms with van der Waals surface area (Å²) in [7, 11) is 0. The second kappa shape index (κ2) is 4.26. The molecule has 0 aromatic carbocycles. The van der Waals surface area contributed by atoms with E-state index in [-0.39, 0.29) is 11.4 Å². The first kappa shape index (κ1) is 10.0. The Labute approximate surface area is 79.3 Å². The van der Waals surface area contributed by atoms with Gasteiger partial charge in [0.05, 0.1) is 13.0 Å². The Hall–Kier alpha value is -1.05. The average Bonchev–Trinajstić information content (AvgIpc) is 2.04. The van der Waals surface area contributed by atoms with Gasteiger partial charge in [0.15, 0.2) is 0 Å². The molecule has 1 unspecified atom stereocenters. The minimum absolute atomic E-state index is 0.0407. The summed E-state index contributed by atoms with van der Waals surface area (Å²) in [5.41, 5.74) is -0.0407. The van der Waals surface area contributed by atoms with Gasteiger partial charge in [-0.3, -0.25) is 4.79 Å². The molecule has 1 aliphatic rings. The number of allylic oxidation sites excluding steroid dienone is 4. The van der Waals surface area contributed by atoms with Crippen molar-refractivity contribution < 1.29 is 9.53 Å². The Kier molecular flexibility index (Phi) is 3.29. The zero-order chi connectivity index (χ0) is 9.73. The highest BCUT2D eigenvalue weighted by atomic mass is 16.5. The van der Waals surface area contributed by atoms with Gasteiger partial charge < -0.3 is 4.74 Å². The van der Waals surface area contributed by atoms with Gasteiger partial charge in [-0.15, -0.1) is 0 Å². The normalized spacial score (nSPS) is 26.0. The number of carbonyl (C=O) groups is 1. The standard InChI is InChI=1S/C11H16O2/c1-3-13-10(12)9-11(2)7-5-4-6-8-11/h4-7H,3,8-9H2,1-2H3. The van der Waals surface area contributed by atoms with Gasteiger partial charge in [-0.2, -0.15) is 0 Å². The summed E-state index contributed by atoms with van der Waals surface area (Å²) in [5, 5.41) is 0. The molecule has 0 spiro atoms. The zero-order valence-electron chi connectivity index (χ0n) is 8.25. The van der Waals surface area contributed by atoms with Gasteiger partial charge in [-0.25, -0.2) is 0 Å². The average molecular weight is 180 g/mol. The molecule has 0 N–H and O–H groups in total. The van der Waals surface area contributed by atoms with Crippen LogP contribution in [0.2, 0.25) is 0 Å². The molecule has 0 fully saturated rings. The molecule has 0 aromatic rings. The van der Waals surface area contributed by atoms with Crippen molar-refractivity contribution in [1.29, 1.82) is 0 Å². The van der Waals surface area contributed by atoms with E-state index in [0.29, 0.717) is 13.0 Å². The van der Waals surface area contributed by atoms with Gasteiger partial charge in [0.25, 0.3) is 0 Å². The van der Waals surface area contributed by atoms with E-state index < -0.39 is 0 Å². The molecule has 1 atom stereocenters. The van der Waals surface area contributed by atoms with Crippen LogP contribution in [0.4, 0.5) is 0 Å². The molecule has 1 rings (SSSR count). The Morgan fingerprint density at radius 3 is 2.85 bits per heavy atom. The monoisotopic (exact) mass is 180 g/mol. The molecule has 13 heavy (non-hydrogen) atoms. The Balaban J connectivity index is 2.47. The number of esters is 1. The van der Waals surface area contributed by atoms with Crippen LogP contribution in [-0.2, 0) is 9.53 Å². The molecule has 2 heteroatoms. The molecule has 0 aromatic heterocycles. The van der Waals surface area contributed by atoms with E-state index in [0.717, 1.165) is 6.42 Å². The summed E-state index contributed by atoms with van der Waals surface area (Å²) in [6.07, 6.45) is 9.54. The Morgan fingerprint density at radius 1 is 1.54 bits per heavy atom. The summed E-state index contributed by atoms with van der Waals surface area (Å²) < 4.78 is 4.91. The van der Waals surface area contributed by atoms with Crippen molar-refractivity contribution in [3.63, 3.8) is 0 Å². The number of hydrogen-bond acceptors (Lipinski definition) is 2. The van der Waals surface area contributed by atoms with Crippen molar-refractivity contribution >= 4 is 5.97 Å². The van der Waals surface area contributed by atoms with E-state index >= 15 is 0 Å². The third-order valence-corrected chi connectivity index (χ3v) is 2.18. The minimum Gasteiger partial charge on any atom is -0.466 e. The van der Waals surface area contributed by atoms with E-state index in [1.165, 1.54) is 0 Å². The second-order valence-corrected chi connectivity index (χ2v) is 3.63. The lowest BCUT2D eigenvalue weighted by Crippen LogP contribution is -2.20. The molecule has 1 aliphatic carbocycles. The van der Waals surface area contributed by atoms with Crippen LogP contribution in [0.1, 0.15) is 26.7 Å². The molecule has 0 amide bonds. The summed E-state index contributed by atoms with van der Waals surface area (Å²) in [5.74, 6) is -0.107. The molecule has 0 heterocycles. The molecule has 72 valence electrons. The van der Waals surface area contributed by atoms with Crippen LogP contribution in [0.3, 0.4) is 0 Å². The number of carbonyl (C=O) groups excluding carboxylic acids is 1. The van der Waals surface area contributed by atoms with Gasteiger partial charge in [-0.05, 0) is 18.8 Å². The van der Waals surface area contributed by atoms with Gasteiger partial charge in [0.1, 0.15) is 0 Å². The van der Waals surface area contributed by atoms with Crippen molar-refractivity contribution in [3.8, 4) is 0 Å². The number of ether oxygens (including phenoxy) is 1. The first-order valence-corrected chi connectivity index (χ1v) is 4.66. The fourth-order valence-electron chi connectivity index (χ4n) is 1.44. The van der Waals surface area contributed by atoms with Crippen molar-refractivity contribution in [1.82, 2.24) is 0 Å². The lowest BCUT2D eigenvalue weighted by Gasteiger charge is -2.24. The van der Waals surface area contributed by atoms with E-state index in [1.54, 1.807) is 0 Å². The molecule has 0 bridgehead atoms. The maximum atomic E-state index is 11.2. The smallest absolute Gasteiger partial charge is 0.306 e. The van der Waals surface area contributed by atoms with Crippen LogP contribution < -0.4 is 0 Å². The predicted molar refractivity (Wildman–Crippen MR) is 52.3 cm³/mol. The maximum Gasteiger partial charge on any atom is 0.306 e. The molecule has 0 saturated carbocycles. The molecule has 2 nitrogen and oxygen atoms in total. The van der Waals surface area contributed by atoms with E-state index in [4.69, 9.17) is 4.74 Å². The summed E-state index contributed by atoms with van der Waals surface area (Å²) in [6.45, 7) is 4.37. The fraction of sp³-hybridized carbons (Fsp3) is 0.545. The zero-order valence-corrected chi connectivity index (χ0v) is 8.25. The topological polar surface area (TPSA) is 26.3 Å². The minimum atomic E-state index is -0.107. The largest absolute Gasteiger partial charge is 0.466 e. The lowest BCUT2D eigenvalue weighted by atomic mass is 9.81. The SMILES string of the molecule is CCOC(=O)CC1(C)C=CC=CC1. The first-order valence-electron chi connectivity index (χ1n) is 4.66. The Bertz CT molecular complexity index is 240. The van der Waals surface area contributed by atoms with Crippen LogP contribution in [0.15, 0.2) is 24.3 Å². The molecule has 0 saturated heterocycles. The van der Waals surface area contributed by atoms with Crippen LogP contribution in [-0.4, -0.2) is 12.6 Å². The number of hydrogen-bond donors (Lipinski definition) is 0. The highest BCUT2D eigenvalue weighted by Crippen LogP contribution is 2.31. The predicted octanol–water partition coefficient (Wildman–Crippen LogP) is 2.46. The number of rotatable bonds is 3. The fourth-order valence-corrected chi connectivity index (χ4v) is 1.44. The molecular formula is C11H16O2. The third-order valence-electron chi connectivity index (χ3n) is 2.18. The highest BCUT2D eigenvalue weighted by molar-refractivity contribution is 5.70. The summed E-state index contributed by atoms with van der Waals surface area (Å²) in [6, 6.07) is 0. The first-order chi connectivity index (χ1) is 6.16. The summed E-state index contributed by atoms with van der Waals surface area (Å²) in [4.78, 5) is 11.2. The van der Waals surface area contributed by atoms with E-state index in [9.17, 15) is 4.79 Å². The van der Waals surface area contributed by atoms with Crippen LogP contribution in [0.25, 0.3) is 0 Å². The molecular weight excluding hydrogens is 164 g/mol. The van der Waals surface area contributed by atoms with Crippen molar-refractivity contribution in [2.45, 2.75) is 26.7 Å². The molecule has 0 aliphatic heterocycles. The van der Waals surface area contributed by atoms with Crippen LogP contribution >= 0.6 is 0 Å². The Morgan fingerprint density at radius 2 is 2.31 bits per heavy atom. The van der Waals surface area contributed by atoms with Gasteiger partial charge in [-0.1, -0.05) is 31.2 Å². The third kappa shape index (κ3) is 3.05. The van der Waals surface area contributed by atoms with E-state index in [2.05, 4.69) is 19.1 Å². The van der Waals surface area contributed by atoms with Crippen molar-refractivity contribution in [3.05, 3.63) is 24.3 Å². The van der Waals surface area contributed by atoms with Crippen LogP contribution in [0, 0.1) is 5.41 Å². The second-order valence-electron chi connectivity index (χ2n) is 3.63. The maximum absolute atomic E-state index is 11.2. The van der Waals surface area contributed by atoms with Crippen molar-refractivity contribution in [2.75, 3.05) is 6.61 Å². The highest BCUT2D eigenvalue weighted by Gasteiger charge is 2.24. The van der Waals surface area contributed by atoms with Crippen molar-refractivity contribution in [2.24, 2.45) is 5.41 Å². The van der Waals surface area contributed by atoms with E-state index in [1.807, 2.05) is 19.1 Å². The van der Waals surface area contributed by atoms with Gasteiger partial charge in [0, 0.05) is 0 Å². The quantitative estimate of drug-likeness (QED) is 0.624.